The van der Waals surface area contributed by atoms with Gasteiger partial charge in [0.15, 0.2) is 0 Å². The van der Waals surface area contributed by atoms with E-state index in [1.807, 2.05) is 19.6 Å². The molecule has 0 aromatic rings. The minimum absolute atomic E-state index is 0.255. The molecule has 0 aliphatic heterocycles. The normalized spacial score (nSPS) is 11.4. The van der Waals surface area contributed by atoms with Crippen LogP contribution in [0.4, 0.5) is 0 Å². The van der Waals surface area contributed by atoms with Crippen molar-refractivity contribution in [2.45, 2.75) is 52.4 Å². The highest BCUT2D eigenvalue weighted by atomic mass is 28.3. The van der Waals surface area contributed by atoms with Crippen LogP contribution in [0.25, 0.3) is 0 Å². The molecule has 0 saturated carbocycles. The maximum Gasteiger partial charge on any atom is 0.314 e. The summed E-state index contributed by atoms with van der Waals surface area (Å²) in [6.45, 7) is 11.4. The van der Waals surface area contributed by atoms with Crippen LogP contribution in [0.2, 0.25) is 19.6 Å². The lowest BCUT2D eigenvalue weighted by Crippen LogP contribution is -2.25. The van der Waals surface area contributed by atoms with Crippen LogP contribution in [0.1, 0.15) is 27.2 Å². The Labute approximate surface area is 98.6 Å². The second-order valence-electron chi connectivity index (χ2n) is 5.69. The fraction of sp³-hybridized carbons (Fsp3) is 0.667. The molecule has 4 heteroatoms. The van der Waals surface area contributed by atoms with Gasteiger partial charge in [-0.2, -0.15) is 0 Å². The van der Waals surface area contributed by atoms with Gasteiger partial charge in [-0.1, -0.05) is 19.6 Å². The molecule has 0 aromatic carbocycles. The number of rotatable bonds is 2. The summed E-state index contributed by atoms with van der Waals surface area (Å²) in [5.41, 5.74) is 2.37. The molecule has 0 saturated heterocycles. The lowest BCUT2D eigenvalue weighted by atomic mass is 10.2. The maximum atomic E-state index is 11.3. The average Bonchev–Trinajstić information content (AvgIpc) is 1.95. The summed E-state index contributed by atoms with van der Waals surface area (Å²) >= 11 is 0. The highest BCUT2D eigenvalue weighted by molar-refractivity contribution is 6.84. The molecular weight excluding hydrogens is 220 g/mol. The zero-order valence-electron chi connectivity index (χ0n) is 10.9. The van der Waals surface area contributed by atoms with Crippen molar-refractivity contribution in [2.24, 2.45) is 0 Å². The number of hydrogen-bond donors (Lipinski definition) is 0. The third-order valence-electron chi connectivity index (χ3n) is 1.30. The molecule has 0 fully saturated rings. The van der Waals surface area contributed by atoms with Crippen LogP contribution in [0, 0.1) is 11.5 Å². The van der Waals surface area contributed by atoms with Crippen LogP contribution in [-0.4, -0.2) is 25.4 Å². The van der Waals surface area contributed by atoms with Crippen molar-refractivity contribution in [1.82, 2.24) is 0 Å². The van der Waals surface area contributed by atoms with E-state index in [9.17, 15) is 9.59 Å². The van der Waals surface area contributed by atoms with Crippen molar-refractivity contribution in [3.8, 4) is 11.5 Å². The summed E-state index contributed by atoms with van der Waals surface area (Å²) < 4.78 is 5.02. The fourth-order valence-electron chi connectivity index (χ4n) is 0.810. The molecule has 0 bridgehead atoms. The largest absolute Gasteiger partial charge is 0.460 e. The van der Waals surface area contributed by atoms with Crippen LogP contribution in [0.5, 0.6) is 0 Å². The Balaban J connectivity index is 4.26. The van der Waals surface area contributed by atoms with Crippen molar-refractivity contribution in [1.29, 1.82) is 0 Å². The van der Waals surface area contributed by atoms with Crippen LogP contribution < -0.4 is 0 Å². The molecular formula is C12H20O3Si. The maximum absolute atomic E-state index is 11.3. The smallest absolute Gasteiger partial charge is 0.314 e. The first-order valence-corrected chi connectivity index (χ1v) is 8.77. The molecule has 0 N–H and O–H groups in total. The van der Waals surface area contributed by atoms with Crippen molar-refractivity contribution in [3.05, 3.63) is 0 Å². The highest BCUT2D eigenvalue weighted by Crippen LogP contribution is 2.08. The summed E-state index contributed by atoms with van der Waals surface area (Å²) in [6.07, 6.45) is -0.255. The van der Waals surface area contributed by atoms with E-state index in [1.165, 1.54) is 0 Å². The predicted molar refractivity (Wildman–Crippen MR) is 66.6 cm³/mol. The quantitative estimate of drug-likeness (QED) is 0.321. The van der Waals surface area contributed by atoms with Gasteiger partial charge in [0.1, 0.15) is 20.1 Å². The molecule has 3 nitrogen and oxygen atoms in total. The van der Waals surface area contributed by atoms with Gasteiger partial charge < -0.3 is 4.74 Å². The Morgan fingerprint density at radius 3 is 2.06 bits per heavy atom. The number of carbonyl (C=O) groups excluding carboxylic acids is 2. The van der Waals surface area contributed by atoms with E-state index >= 15 is 0 Å². The molecule has 90 valence electrons. The summed E-state index contributed by atoms with van der Waals surface area (Å²) in [5, 5.41) is 0. The van der Waals surface area contributed by atoms with Crippen LogP contribution in [0.15, 0.2) is 0 Å². The van der Waals surface area contributed by atoms with E-state index in [0.717, 1.165) is 0 Å². The lowest BCUT2D eigenvalue weighted by Gasteiger charge is -2.18. The first-order chi connectivity index (χ1) is 6.99. The Kier molecular flexibility index (Phi) is 4.95. The second-order valence-corrected chi connectivity index (χ2v) is 10.4. The van der Waals surface area contributed by atoms with E-state index in [-0.39, 0.29) is 12.2 Å². The standard InChI is InChI=1S/C12H20O3Si/c1-12(2,3)15-11(14)9-10(13)7-8-16(4,5)6/h9H2,1-6H3. The van der Waals surface area contributed by atoms with Gasteiger partial charge in [-0.25, -0.2) is 0 Å². The SMILES string of the molecule is CC(C)(C)OC(=O)CC(=O)C#C[Si](C)(C)C. The summed E-state index contributed by atoms with van der Waals surface area (Å²) in [5.74, 6) is 1.64. The highest BCUT2D eigenvalue weighted by Gasteiger charge is 2.18. The van der Waals surface area contributed by atoms with Crippen molar-refractivity contribution in [2.75, 3.05) is 0 Å². The van der Waals surface area contributed by atoms with Gasteiger partial charge in [0.05, 0.1) is 0 Å². The van der Waals surface area contributed by atoms with Crippen molar-refractivity contribution < 1.29 is 14.3 Å². The molecule has 0 amide bonds. The molecule has 0 aromatic heterocycles. The zero-order chi connectivity index (χ0) is 13.0. The van der Waals surface area contributed by atoms with Gasteiger partial charge in [-0.05, 0) is 26.7 Å². The number of hydrogen-bond acceptors (Lipinski definition) is 3. The predicted octanol–water partition coefficient (Wildman–Crippen LogP) is 2.17. The Morgan fingerprint density at radius 2 is 1.69 bits per heavy atom. The average molecular weight is 240 g/mol. The van der Waals surface area contributed by atoms with E-state index in [4.69, 9.17) is 4.74 Å². The Hall–Kier alpha value is -1.08. The summed E-state index contributed by atoms with van der Waals surface area (Å²) in [6, 6.07) is 0. The van der Waals surface area contributed by atoms with Gasteiger partial charge in [0.2, 0.25) is 5.78 Å². The summed E-state index contributed by atoms with van der Waals surface area (Å²) in [7, 11) is -1.55. The van der Waals surface area contributed by atoms with Crippen LogP contribution >= 0.6 is 0 Å². The van der Waals surface area contributed by atoms with E-state index in [0.29, 0.717) is 0 Å². The third-order valence-corrected chi connectivity index (χ3v) is 2.18. The number of Topliss-reactive ketones (excluding diaryl/α,β-unsaturated/α-hetero) is 1. The molecule has 0 aliphatic carbocycles. The monoisotopic (exact) mass is 240 g/mol. The van der Waals surface area contributed by atoms with Crippen LogP contribution in [0.3, 0.4) is 0 Å². The number of esters is 1. The van der Waals surface area contributed by atoms with E-state index in [2.05, 4.69) is 11.5 Å². The molecule has 0 rings (SSSR count). The molecule has 0 radical (unpaired) electrons. The van der Waals surface area contributed by atoms with Crippen LogP contribution in [-0.2, 0) is 14.3 Å². The number of carbonyl (C=O) groups is 2. The minimum Gasteiger partial charge on any atom is -0.460 e. The van der Waals surface area contributed by atoms with Gasteiger partial charge in [-0.15, -0.1) is 5.54 Å². The molecule has 0 unspecified atom stereocenters. The molecule has 0 atom stereocenters. The molecule has 16 heavy (non-hydrogen) atoms. The number of ether oxygens (including phenoxy) is 1. The van der Waals surface area contributed by atoms with Gasteiger partial charge in [0, 0.05) is 0 Å². The lowest BCUT2D eigenvalue weighted by molar-refractivity contribution is -0.155. The van der Waals surface area contributed by atoms with Gasteiger partial charge in [-0.3, -0.25) is 9.59 Å². The van der Waals surface area contributed by atoms with Crippen molar-refractivity contribution in [3.63, 3.8) is 0 Å². The topological polar surface area (TPSA) is 43.4 Å². The second kappa shape index (κ2) is 5.31. The summed E-state index contributed by atoms with van der Waals surface area (Å²) in [4.78, 5) is 22.6. The molecule has 0 heterocycles. The first kappa shape index (κ1) is 14.9. The zero-order valence-corrected chi connectivity index (χ0v) is 11.9. The number of ketones is 1. The van der Waals surface area contributed by atoms with Gasteiger partial charge >= 0.3 is 5.97 Å². The third kappa shape index (κ3) is 9.47. The Morgan fingerprint density at radius 1 is 1.19 bits per heavy atom. The first-order valence-electron chi connectivity index (χ1n) is 5.27. The minimum atomic E-state index is -1.55. The van der Waals surface area contributed by atoms with E-state index < -0.39 is 19.6 Å². The van der Waals surface area contributed by atoms with Crippen molar-refractivity contribution >= 4 is 19.8 Å². The molecule has 0 spiro atoms. The van der Waals surface area contributed by atoms with Gasteiger partial charge in [0.25, 0.3) is 0 Å². The Bertz CT molecular complexity index is 334. The van der Waals surface area contributed by atoms with E-state index in [1.54, 1.807) is 20.8 Å². The molecule has 0 aliphatic rings. The fourth-order valence-corrected chi connectivity index (χ4v) is 1.32.